The van der Waals surface area contributed by atoms with Crippen LogP contribution in [0.2, 0.25) is 5.04 Å². The third-order valence-corrected chi connectivity index (χ3v) is 13.3. The fourth-order valence-electron chi connectivity index (χ4n) is 6.72. The van der Waals surface area contributed by atoms with Crippen LogP contribution < -0.4 is 10.4 Å². The molecule has 1 amide bonds. The van der Waals surface area contributed by atoms with Crippen LogP contribution >= 0.6 is 0 Å². The van der Waals surface area contributed by atoms with Gasteiger partial charge in [0.2, 0.25) is 5.91 Å². The lowest BCUT2D eigenvalue weighted by Crippen LogP contribution is -2.66. The molecular formula is C30H37NO2Si. The molecule has 2 aromatic rings. The monoisotopic (exact) mass is 471 g/mol. The Morgan fingerprint density at radius 1 is 0.971 bits per heavy atom. The number of hydrogen-bond acceptors (Lipinski definition) is 2. The first-order valence-corrected chi connectivity index (χ1v) is 14.7. The van der Waals surface area contributed by atoms with Gasteiger partial charge in [-0.15, -0.1) is 0 Å². The lowest BCUT2D eigenvalue weighted by molar-refractivity contribution is -0.136. The zero-order chi connectivity index (χ0) is 23.8. The van der Waals surface area contributed by atoms with Gasteiger partial charge in [-0.25, -0.2) is 0 Å². The maximum Gasteiger partial charge on any atom is 0.261 e. The number of carbonyl (C=O) groups is 1. The fourth-order valence-corrected chi connectivity index (χ4v) is 11.3. The van der Waals surface area contributed by atoms with Crippen molar-refractivity contribution in [2.45, 2.75) is 57.5 Å². The van der Waals surface area contributed by atoms with Crippen molar-refractivity contribution in [3.8, 4) is 0 Å². The van der Waals surface area contributed by atoms with Gasteiger partial charge in [-0.3, -0.25) is 4.79 Å². The molecule has 0 saturated carbocycles. The quantitative estimate of drug-likeness (QED) is 0.550. The van der Waals surface area contributed by atoms with Gasteiger partial charge in [-0.1, -0.05) is 106 Å². The van der Waals surface area contributed by atoms with Crippen LogP contribution in [0.4, 0.5) is 0 Å². The first-order chi connectivity index (χ1) is 16.4. The molecule has 178 valence electrons. The van der Waals surface area contributed by atoms with Crippen molar-refractivity contribution in [2.75, 3.05) is 13.2 Å². The summed E-state index contributed by atoms with van der Waals surface area (Å²) in [5.41, 5.74) is -0.463. The summed E-state index contributed by atoms with van der Waals surface area (Å²) in [4.78, 5) is 16.0. The highest BCUT2D eigenvalue weighted by Crippen LogP contribution is 2.51. The van der Waals surface area contributed by atoms with Gasteiger partial charge < -0.3 is 9.33 Å². The average molecular weight is 472 g/mol. The van der Waals surface area contributed by atoms with E-state index < -0.39 is 13.7 Å². The van der Waals surface area contributed by atoms with Crippen LogP contribution in [-0.4, -0.2) is 38.3 Å². The van der Waals surface area contributed by atoms with E-state index in [1.807, 2.05) is 0 Å². The summed E-state index contributed by atoms with van der Waals surface area (Å²) >= 11 is 0. The fraction of sp³-hybridized carbons (Fsp3) is 0.433. The Morgan fingerprint density at radius 3 is 2.24 bits per heavy atom. The second kappa shape index (κ2) is 8.97. The highest BCUT2D eigenvalue weighted by atomic mass is 28.4. The Kier molecular flexibility index (Phi) is 6.15. The summed E-state index contributed by atoms with van der Waals surface area (Å²) in [6, 6.07) is 21.9. The van der Waals surface area contributed by atoms with E-state index in [-0.39, 0.29) is 11.0 Å². The number of hydrogen-bond donors (Lipinski definition) is 0. The van der Waals surface area contributed by atoms with Crippen LogP contribution in [0.5, 0.6) is 0 Å². The van der Waals surface area contributed by atoms with Crippen molar-refractivity contribution in [1.29, 1.82) is 0 Å². The van der Waals surface area contributed by atoms with E-state index in [9.17, 15) is 4.79 Å². The maximum absolute atomic E-state index is 13.8. The molecule has 2 aliphatic heterocycles. The molecule has 5 rings (SSSR count). The Morgan fingerprint density at radius 2 is 1.62 bits per heavy atom. The highest BCUT2D eigenvalue weighted by molar-refractivity contribution is 6.99. The van der Waals surface area contributed by atoms with Gasteiger partial charge in [0.15, 0.2) is 0 Å². The van der Waals surface area contributed by atoms with Crippen molar-refractivity contribution < 1.29 is 9.22 Å². The second-order valence-corrected chi connectivity index (χ2v) is 15.4. The van der Waals surface area contributed by atoms with E-state index in [4.69, 9.17) is 4.43 Å². The number of piperidine rings is 1. The first-order valence-electron chi connectivity index (χ1n) is 12.8. The minimum absolute atomic E-state index is 0.0632. The highest BCUT2D eigenvalue weighted by Gasteiger charge is 2.58. The molecule has 0 aromatic heterocycles. The van der Waals surface area contributed by atoms with Gasteiger partial charge in [0, 0.05) is 25.1 Å². The molecule has 3 atom stereocenters. The van der Waals surface area contributed by atoms with Crippen LogP contribution in [0.25, 0.3) is 0 Å². The number of allylic oxidation sites excluding steroid dienone is 2. The number of amides is 1. The molecule has 4 heteroatoms. The summed E-state index contributed by atoms with van der Waals surface area (Å²) < 4.78 is 7.18. The van der Waals surface area contributed by atoms with E-state index in [0.717, 1.165) is 25.8 Å². The Bertz CT molecular complexity index is 1030. The molecule has 0 unspecified atom stereocenters. The maximum atomic E-state index is 13.8. The minimum Gasteiger partial charge on any atom is -0.407 e. The summed E-state index contributed by atoms with van der Waals surface area (Å²) in [7, 11) is -2.61. The van der Waals surface area contributed by atoms with Crippen LogP contribution in [0.1, 0.15) is 46.5 Å². The topological polar surface area (TPSA) is 29.5 Å². The molecule has 34 heavy (non-hydrogen) atoms. The zero-order valence-corrected chi connectivity index (χ0v) is 21.7. The van der Waals surface area contributed by atoms with Gasteiger partial charge in [0.05, 0.1) is 5.41 Å². The van der Waals surface area contributed by atoms with E-state index in [2.05, 4.69) is 111 Å². The summed E-state index contributed by atoms with van der Waals surface area (Å²) in [6.07, 6.45) is 12.9. The van der Waals surface area contributed by atoms with Gasteiger partial charge in [-0.2, -0.15) is 0 Å². The summed E-state index contributed by atoms with van der Waals surface area (Å²) in [5, 5.41) is 2.51. The molecule has 2 aromatic carbocycles. The molecule has 0 bridgehead atoms. The van der Waals surface area contributed by atoms with Crippen LogP contribution in [0.15, 0.2) is 85.0 Å². The number of carbonyl (C=O) groups excluding carboxylic acids is 1. The van der Waals surface area contributed by atoms with E-state index in [0.29, 0.717) is 18.6 Å². The Hall–Kier alpha value is -2.43. The smallest absolute Gasteiger partial charge is 0.261 e. The Balaban J connectivity index is 1.49. The number of nitrogens with zero attached hydrogens (tertiary/aromatic N) is 1. The predicted molar refractivity (Wildman–Crippen MR) is 142 cm³/mol. The van der Waals surface area contributed by atoms with Crippen molar-refractivity contribution in [1.82, 2.24) is 4.90 Å². The standard InChI is InChI=1S/C30H37NO2Si/c1-29(2,3)34(24-14-6-4-7-15-24,25-16-8-5-9-17-25)33-23-21-30-20-12-10-18-26(30)27-19-11-13-22-31(27)28(30)32/h4-10,12,14-18,20,26-27H,11,13,19,21-23H2,1-3H3/t26-,27+,30+/m0/s1. The van der Waals surface area contributed by atoms with Gasteiger partial charge in [0.25, 0.3) is 8.32 Å². The summed E-state index contributed by atoms with van der Waals surface area (Å²) in [5.74, 6) is 0.571. The van der Waals surface area contributed by atoms with Crippen LogP contribution in [-0.2, 0) is 9.22 Å². The van der Waals surface area contributed by atoms with E-state index in [1.165, 1.54) is 16.8 Å². The van der Waals surface area contributed by atoms with Gasteiger partial charge in [-0.05, 0) is 41.1 Å². The van der Waals surface area contributed by atoms with E-state index in [1.54, 1.807) is 0 Å². The van der Waals surface area contributed by atoms with Crippen molar-refractivity contribution >= 4 is 24.6 Å². The Labute approximate surface area is 205 Å². The number of rotatable bonds is 6. The number of fused-ring (bicyclic) bond motifs is 3. The number of benzene rings is 2. The molecule has 0 N–H and O–H groups in total. The molecular weight excluding hydrogens is 434 g/mol. The van der Waals surface area contributed by atoms with Crippen molar-refractivity contribution in [2.24, 2.45) is 11.3 Å². The molecule has 2 heterocycles. The third-order valence-electron chi connectivity index (χ3n) is 8.29. The molecule has 3 aliphatic rings. The minimum atomic E-state index is -2.61. The zero-order valence-electron chi connectivity index (χ0n) is 20.7. The predicted octanol–water partition coefficient (Wildman–Crippen LogP) is 5.08. The van der Waals surface area contributed by atoms with E-state index >= 15 is 0 Å². The lowest BCUT2D eigenvalue weighted by Gasteiger charge is -2.44. The van der Waals surface area contributed by atoms with Crippen LogP contribution in [0.3, 0.4) is 0 Å². The summed E-state index contributed by atoms with van der Waals surface area (Å²) in [6.45, 7) is 8.41. The SMILES string of the molecule is CC(C)(C)[Si](OCC[C@]12C=CC=C[C@H]1[C@H]1CCCCN1C2=O)(c1ccccc1)c1ccccc1. The third kappa shape index (κ3) is 3.63. The molecule has 3 nitrogen and oxygen atoms in total. The normalized spacial score (nSPS) is 26.4. The van der Waals surface area contributed by atoms with Gasteiger partial charge in [0.1, 0.15) is 0 Å². The molecule has 0 spiro atoms. The largest absolute Gasteiger partial charge is 0.407 e. The van der Waals surface area contributed by atoms with Gasteiger partial charge >= 0.3 is 0 Å². The molecule has 1 aliphatic carbocycles. The molecule has 2 fully saturated rings. The first kappa shape index (κ1) is 23.3. The molecule has 2 saturated heterocycles. The second-order valence-electron chi connectivity index (χ2n) is 11.1. The average Bonchev–Trinajstić information content (AvgIpc) is 3.11. The molecule has 0 radical (unpaired) electrons. The van der Waals surface area contributed by atoms with Crippen molar-refractivity contribution in [3.63, 3.8) is 0 Å². The van der Waals surface area contributed by atoms with Crippen molar-refractivity contribution in [3.05, 3.63) is 85.0 Å². The lowest BCUT2D eigenvalue weighted by atomic mass is 9.70. The van der Waals surface area contributed by atoms with Crippen LogP contribution in [0, 0.1) is 11.3 Å².